The molecule has 0 aliphatic heterocycles. The second-order valence-corrected chi connectivity index (χ2v) is 14.3. The van der Waals surface area contributed by atoms with Gasteiger partial charge in [-0.05, 0) is 100 Å². The van der Waals surface area contributed by atoms with Crippen molar-refractivity contribution in [2.45, 2.75) is 31.6 Å². The first-order valence-electron chi connectivity index (χ1n) is 17.2. The number of rotatable bonds is 6. The molecule has 0 atom stereocenters. The van der Waals surface area contributed by atoms with E-state index < -0.39 is 0 Å². The minimum atomic E-state index is -0.313. The van der Waals surface area contributed by atoms with E-state index in [2.05, 4.69) is 169 Å². The van der Waals surface area contributed by atoms with Gasteiger partial charge in [0.25, 0.3) is 0 Å². The van der Waals surface area contributed by atoms with E-state index in [0.717, 1.165) is 57.6 Å². The molecule has 0 saturated carbocycles. The van der Waals surface area contributed by atoms with Crippen LogP contribution in [0.1, 0.15) is 54.0 Å². The molecular formula is C46H35IN2. The number of hydrogen-bond donors (Lipinski definition) is 0. The average Bonchev–Trinajstić information content (AvgIpc) is 3.64. The highest BCUT2D eigenvalue weighted by Crippen LogP contribution is 2.63. The molecule has 3 aliphatic rings. The van der Waals surface area contributed by atoms with Crippen LogP contribution >= 0.6 is 22.6 Å². The van der Waals surface area contributed by atoms with Crippen molar-refractivity contribution in [2.75, 3.05) is 4.43 Å². The van der Waals surface area contributed by atoms with Crippen LogP contribution in [0.3, 0.4) is 0 Å². The Kier molecular flexibility index (Phi) is 7.54. The predicted molar refractivity (Wildman–Crippen MR) is 213 cm³/mol. The number of halogens is 1. The maximum absolute atomic E-state index is 5.27. The molecule has 0 unspecified atom stereocenters. The van der Waals surface area contributed by atoms with E-state index in [1.165, 1.54) is 55.7 Å². The van der Waals surface area contributed by atoms with Crippen molar-refractivity contribution in [2.24, 2.45) is 0 Å². The molecule has 0 radical (unpaired) electrons. The lowest BCUT2D eigenvalue weighted by molar-refractivity contribution is 0.714. The van der Waals surface area contributed by atoms with Gasteiger partial charge in [0, 0.05) is 21.1 Å². The monoisotopic (exact) mass is 742 g/mol. The lowest BCUT2D eigenvalue weighted by atomic mass is 9.68. The van der Waals surface area contributed by atoms with Crippen molar-refractivity contribution in [1.29, 1.82) is 0 Å². The zero-order valence-electron chi connectivity index (χ0n) is 27.5. The second kappa shape index (κ2) is 12.2. The van der Waals surface area contributed by atoms with Crippen LogP contribution in [0.2, 0.25) is 0 Å². The summed E-state index contributed by atoms with van der Waals surface area (Å²) in [6.45, 7) is 2.20. The molecule has 0 bridgehead atoms. The Morgan fingerprint density at radius 2 is 1.35 bits per heavy atom. The summed E-state index contributed by atoms with van der Waals surface area (Å²) in [4.78, 5) is 10.4. The third kappa shape index (κ3) is 4.81. The minimum Gasteiger partial charge on any atom is -0.228 e. The van der Waals surface area contributed by atoms with Crippen LogP contribution in [0.15, 0.2) is 151 Å². The van der Waals surface area contributed by atoms with Crippen molar-refractivity contribution in [3.8, 4) is 45.0 Å². The van der Waals surface area contributed by atoms with Gasteiger partial charge in [-0.15, -0.1) is 0 Å². The molecule has 236 valence electrons. The van der Waals surface area contributed by atoms with Crippen molar-refractivity contribution >= 4 is 33.7 Å². The van der Waals surface area contributed by atoms with Gasteiger partial charge in [-0.25, -0.2) is 9.97 Å². The Balaban J connectivity index is 1.26. The minimum absolute atomic E-state index is 0.313. The Bertz CT molecular complexity index is 2320. The van der Waals surface area contributed by atoms with Crippen LogP contribution in [-0.2, 0) is 5.41 Å². The molecule has 3 aliphatic carbocycles. The van der Waals surface area contributed by atoms with E-state index in [-0.39, 0.29) is 5.41 Å². The molecule has 0 fully saturated rings. The predicted octanol–water partition coefficient (Wildman–Crippen LogP) is 12.1. The highest BCUT2D eigenvalue weighted by Gasteiger charge is 2.52. The molecule has 2 nitrogen and oxygen atoms in total. The van der Waals surface area contributed by atoms with Gasteiger partial charge in [-0.2, -0.15) is 0 Å². The fourth-order valence-electron chi connectivity index (χ4n) is 8.34. The zero-order chi connectivity index (χ0) is 33.0. The van der Waals surface area contributed by atoms with Gasteiger partial charge < -0.3 is 0 Å². The molecule has 1 aromatic heterocycles. The standard InChI is InChI=1S/C46H35IN2/c1-30(13-12-26-47)32-16-11-17-33(27-32)43-29-44(49-45(48-43)31-14-3-2-4-15-31)34-24-25-38-37-20-7-10-23-41(37)46(42(38)28-34)39-21-8-5-18-35(39)36-19-6-9-22-40(36)46/h2-9,11,13-22,24-25,27-29H,10,12,23,26H2,1H3/b30-13+. The normalized spacial score (nSPS) is 15.3. The largest absolute Gasteiger partial charge is 0.228 e. The summed E-state index contributed by atoms with van der Waals surface area (Å²) in [6, 6.07) is 46.5. The summed E-state index contributed by atoms with van der Waals surface area (Å²) in [6.07, 6.45) is 10.2. The van der Waals surface area contributed by atoms with Crippen LogP contribution in [0.25, 0.3) is 56.2 Å². The highest BCUT2D eigenvalue weighted by molar-refractivity contribution is 14.1. The summed E-state index contributed by atoms with van der Waals surface area (Å²) < 4.78 is 1.11. The molecule has 1 heterocycles. The van der Waals surface area contributed by atoms with Crippen LogP contribution < -0.4 is 0 Å². The first-order chi connectivity index (χ1) is 24.2. The molecule has 49 heavy (non-hydrogen) atoms. The van der Waals surface area contributed by atoms with Crippen molar-refractivity contribution in [3.63, 3.8) is 0 Å². The van der Waals surface area contributed by atoms with Crippen molar-refractivity contribution in [1.82, 2.24) is 9.97 Å². The number of allylic oxidation sites excluding steroid dienone is 6. The van der Waals surface area contributed by atoms with Gasteiger partial charge in [-0.1, -0.05) is 150 Å². The van der Waals surface area contributed by atoms with Crippen molar-refractivity contribution < 1.29 is 0 Å². The van der Waals surface area contributed by atoms with Crippen LogP contribution in [-0.4, -0.2) is 14.4 Å². The van der Waals surface area contributed by atoms with E-state index in [0.29, 0.717) is 0 Å². The summed E-state index contributed by atoms with van der Waals surface area (Å²) in [5, 5.41) is 0. The number of benzene rings is 5. The fraction of sp³-hybridized carbons (Fsp3) is 0.130. The van der Waals surface area contributed by atoms with Gasteiger partial charge in [0.15, 0.2) is 5.82 Å². The number of fused-ring (bicyclic) bond motifs is 9. The molecule has 5 aromatic carbocycles. The van der Waals surface area contributed by atoms with Gasteiger partial charge in [0.05, 0.1) is 16.8 Å². The van der Waals surface area contributed by atoms with Gasteiger partial charge in [-0.3, -0.25) is 0 Å². The molecule has 0 N–H and O–H groups in total. The topological polar surface area (TPSA) is 25.8 Å². The lowest BCUT2D eigenvalue weighted by Gasteiger charge is -2.33. The summed E-state index contributed by atoms with van der Waals surface area (Å²) in [5.41, 5.74) is 18.4. The Labute approximate surface area is 302 Å². The number of aromatic nitrogens is 2. The van der Waals surface area contributed by atoms with E-state index in [4.69, 9.17) is 9.97 Å². The van der Waals surface area contributed by atoms with Gasteiger partial charge in [0.1, 0.15) is 0 Å². The van der Waals surface area contributed by atoms with E-state index in [9.17, 15) is 0 Å². The van der Waals surface area contributed by atoms with Gasteiger partial charge in [0.2, 0.25) is 0 Å². The number of nitrogens with zero attached hydrogens (tertiary/aromatic N) is 2. The number of hydrogen-bond acceptors (Lipinski definition) is 2. The van der Waals surface area contributed by atoms with E-state index in [1.54, 1.807) is 0 Å². The maximum Gasteiger partial charge on any atom is 0.160 e. The summed E-state index contributed by atoms with van der Waals surface area (Å²) in [5.74, 6) is 0.739. The second-order valence-electron chi connectivity index (χ2n) is 13.2. The SMILES string of the molecule is C/C(=C\CCI)c1cccc(-c2cc(-c3ccc4c(c3)C3(C5=C4C=CCC5)c4ccccc4-c4ccccc43)nc(-c3ccccc3)n2)c1. The smallest absolute Gasteiger partial charge is 0.160 e. The molecule has 9 rings (SSSR count). The zero-order valence-corrected chi connectivity index (χ0v) is 29.6. The van der Waals surface area contributed by atoms with Gasteiger partial charge >= 0.3 is 0 Å². The van der Waals surface area contributed by atoms with E-state index in [1.807, 2.05) is 6.07 Å². The third-order valence-corrected chi connectivity index (χ3v) is 11.1. The fourth-order valence-corrected chi connectivity index (χ4v) is 8.65. The molecule has 0 saturated heterocycles. The Hall–Kier alpha value is -4.87. The van der Waals surface area contributed by atoms with Crippen LogP contribution in [0, 0.1) is 0 Å². The summed E-state index contributed by atoms with van der Waals surface area (Å²) in [7, 11) is 0. The Morgan fingerprint density at radius 1 is 0.673 bits per heavy atom. The highest BCUT2D eigenvalue weighted by atomic mass is 127. The first-order valence-corrected chi connectivity index (χ1v) is 18.7. The quantitative estimate of drug-likeness (QED) is 0.125. The maximum atomic E-state index is 5.27. The first kappa shape index (κ1) is 30.2. The molecular weight excluding hydrogens is 707 g/mol. The molecule has 1 spiro atoms. The summed E-state index contributed by atoms with van der Waals surface area (Å²) >= 11 is 2.44. The van der Waals surface area contributed by atoms with Crippen LogP contribution in [0.5, 0.6) is 0 Å². The van der Waals surface area contributed by atoms with E-state index >= 15 is 0 Å². The molecule has 0 amide bonds. The van der Waals surface area contributed by atoms with Crippen molar-refractivity contribution in [3.05, 3.63) is 179 Å². The molecule has 3 heteroatoms. The van der Waals surface area contributed by atoms with Crippen LogP contribution in [0.4, 0.5) is 0 Å². The Morgan fingerprint density at radius 3 is 2.08 bits per heavy atom. The lowest BCUT2D eigenvalue weighted by Crippen LogP contribution is -2.27. The number of alkyl halides is 1. The molecule has 6 aromatic rings. The third-order valence-electron chi connectivity index (χ3n) is 10.5. The average molecular weight is 743 g/mol.